The molecule has 1 atom stereocenters. The Morgan fingerprint density at radius 1 is 1.26 bits per heavy atom. The van der Waals surface area contributed by atoms with Gasteiger partial charge in [0.2, 0.25) is 5.91 Å². The van der Waals surface area contributed by atoms with Crippen molar-refractivity contribution in [1.82, 2.24) is 0 Å². The summed E-state index contributed by atoms with van der Waals surface area (Å²) in [6.45, 7) is 2.28. The van der Waals surface area contributed by atoms with Crippen LogP contribution in [0.3, 0.4) is 0 Å². The van der Waals surface area contributed by atoms with Crippen LogP contribution in [0.4, 0.5) is 5.69 Å². The lowest BCUT2D eigenvalue weighted by molar-refractivity contribution is -0.119. The van der Waals surface area contributed by atoms with Crippen LogP contribution in [-0.2, 0) is 9.53 Å². The van der Waals surface area contributed by atoms with Crippen LogP contribution >= 0.6 is 0 Å². The smallest absolute Gasteiger partial charge is 0.226 e. The number of Topliss-reactive ketones (excluding diaryl/α,β-unsaturated/α-hetero) is 1. The average molecular weight is 261 g/mol. The van der Waals surface area contributed by atoms with Crippen molar-refractivity contribution < 1.29 is 14.3 Å². The quantitative estimate of drug-likeness (QED) is 0.848. The Morgan fingerprint density at radius 2 is 2.00 bits per heavy atom. The van der Waals surface area contributed by atoms with Crippen molar-refractivity contribution in [3.63, 3.8) is 0 Å². The molecule has 1 aliphatic heterocycles. The normalized spacial score (nSPS) is 18.9. The van der Waals surface area contributed by atoms with Gasteiger partial charge >= 0.3 is 0 Å². The third kappa shape index (κ3) is 4.17. The largest absolute Gasteiger partial charge is 0.378 e. The standard InChI is InChI=1S/C15H19NO3/c1-11(17)12-5-7-13(8-6-12)16-15(18)10-14-4-2-3-9-19-14/h5-8,14H,2-4,9-10H2,1H3,(H,16,18). The van der Waals surface area contributed by atoms with Crippen LogP contribution < -0.4 is 5.32 Å². The van der Waals surface area contributed by atoms with Crippen molar-refractivity contribution in [3.05, 3.63) is 29.8 Å². The maximum atomic E-state index is 11.8. The van der Waals surface area contributed by atoms with Crippen LogP contribution in [-0.4, -0.2) is 24.4 Å². The molecule has 1 aliphatic rings. The van der Waals surface area contributed by atoms with Gasteiger partial charge in [-0.25, -0.2) is 0 Å². The molecule has 2 rings (SSSR count). The molecule has 0 radical (unpaired) electrons. The van der Waals surface area contributed by atoms with Crippen LogP contribution in [0.15, 0.2) is 24.3 Å². The number of amides is 1. The predicted molar refractivity (Wildman–Crippen MR) is 73.3 cm³/mol. The van der Waals surface area contributed by atoms with E-state index in [-0.39, 0.29) is 17.8 Å². The molecule has 102 valence electrons. The Kier molecular flexibility index (Phi) is 4.68. The van der Waals surface area contributed by atoms with Gasteiger partial charge in [-0.15, -0.1) is 0 Å². The second-order valence-corrected chi connectivity index (χ2v) is 4.87. The Bertz CT molecular complexity index is 447. The number of anilines is 1. The van der Waals surface area contributed by atoms with Gasteiger partial charge in [-0.1, -0.05) is 0 Å². The van der Waals surface area contributed by atoms with Crippen LogP contribution in [0, 0.1) is 0 Å². The van der Waals surface area contributed by atoms with Gasteiger partial charge in [0, 0.05) is 17.9 Å². The third-order valence-electron chi connectivity index (χ3n) is 3.26. The van der Waals surface area contributed by atoms with E-state index in [0.29, 0.717) is 17.7 Å². The minimum Gasteiger partial charge on any atom is -0.378 e. The molecule has 1 saturated heterocycles. The molecular formula is C15H19NO3. The number of ketones is 1. The maximum Gasteiger partial charge on any atom is 0.226 e. The summed E-state index contributed by atoms with van der Waals surface area (Å²) in [5.41, 5.74) is 1.36. The molecule has 1 N–H and O–H groups in total. The first-order valence-electron chi connectivity index (χ1n) is 6.67. The molecule has 0 spiro atoms. The number of ether oxygens (including phenoxy) is 1. The highest BCUT2D eigenvalue weighted by atomic mass is 16.5. The molecule has 1 aromatic carbocycles. The molecule has 1 fully saturated rings. The summed E-state index contributed by atoms with van der Waals surface area (Å²) >= 11 is 0. The summed E-state index contributed by atoms with van der Waals surface area (Å²) in [6, 6.07) is 6.93. The van der Waals surface area contributed by atoms with Crippen molar-refractivity contribution in [2.75, 3.05) is 11.9 Å². The second-order valence-electron chi connectivity index (χ2n) is 4.87. The highest BCUT2D eigenvalue weighted by Gasteiger charge is 2.17. The predicted octanol–water partition coefficient (Wildman–Crippen LogP) is 2.79. The van der Waals surface area contributed by atoms with Gasteiger partial charge in [-0.3, -0.25) is 9.59 Å². The molecule has 0 aromatic heterocycles. The van der Waals surface area contributed by atoms with Crippen LogP contribution in [0.2, 0.25) is 0 Å². The molecule has 4 heteroatoms. The minimum atomic E-state index is -0.0394. The fraction of sp³-hybridized carbons (Fsp3) is 0.467. The van der Waals surface area contributed by atoms with E-state index < -0.39 is 0 Å². The molecule has 1 heterocycles. The van der Waals surface area contributed by atoms with Gasteiger partial charge in [0.25, 0.3) is 0 Å². The summed E-state index contributed by atoms with van der Waals surface area (Å²) in [6.07, 6.45) is 3.62. The number of hydrogen-bond donors (Lipinski definition) is 1. The molecule has 1 amide bonds. The van der Waals surface area contributed by atoms with Gasteiger partial charge in [0.05, 0.1) is 12.5 Å². The second kappa shape index (κ2) is 6.48. The Hall–Kier alpha value is -1.68. The maximum absolute atomic E-state index is 11.8. The molecule has 0 bridgehead atoms. The third-order valence-corrected chi connectivity index (χ3v) is 3.26. The SMILES string of the molecule is CC(=O)c1ccc(NC(=O)CC2CCCCO2)cc1. The molecule has 1 unspecified atom stereocenters. The Balaban J connectivity index is 1.85. The van der Waals surface area contributed by atoms with Crippen molar-refractivity contribution in [3.8, 4) is 0 Å². The van der Waals surface area contributed by atoms with Gasteiger partial charge in [-0.05, 0) is 50.5 Å². The van der Waals surface area contributed by atoms with E-state index in [1.54, 1.807) is 24.3 Å². The molecule has 0 saturated carbocycles. The van der Waals surface area contributed by atoms with Crippen LogP contribution in [0.25, 0.3) is 0 Å². The minimum absolute atomic E-state index is 0.0217. The zero-order chi connectivity index (χ0) is 13.7. The van der Waals surface area contributed by atoms with Gasteiger partial charge < -0.3 is 10.1 Å². The zero-order valence-corrected chi connectivity index (χ0v) is 11.1. The lowest BCUT2D eigenvalue weighted by Gasteiger charge is -2.21. The molecular weight excluding hydrogens is 242 g/mol. The topological polar surface area (TPSA) is 55.4 Å². The Morgan fingerprint density at radius 3 is 2.58 bits per heavy atom. The number of benzene rings is 1. The highest BCUT2D eigenvalue weighted by molar-refractivity contribution is 5.95. The Labute approximate surface area is 113 Å². The number of nitrogens with one attached hydrogen (secondary N) is 1. The van der Waals surface area contributed by atoms with E-state index in [1.807, 2.05) is 0 Å². The van der Waals surface area contributed by atoms with E-state index in [1.165, 1.54) is 6.92 Å². The van der Waals surface area contributed by atoms with Gasteiger partial charge in [0.15, 0.2) is 5.78 Å². The number of carbonyl (C=O) groups is 2. The summed E-state index contributed by atoms with van der Waals surface area (Å²) in [5, 5.41) is 2.83. The van der Waals surface area contributed by atoms with Crippen LogP contribution in [0.1, 0.15) is 43.0 Å². The van der Waals surface area contributed by atoms with E-state index >= 15 is 0 Å². The fourth-order valence-corrected chi connectivity index (χ4v) is 2.18. The van der Waals surface area contributed by atoms with E-state index in [4.69, 9.17) is 4.74 Å². The molecule has 1 aromatic rings. The van der Waals surface area contributed by atoms with Crippen LogP contribution in [0.5, 0.6) is 0 Å². The summed E-state index contributed by atoms with van der Waals surface area (Å²) < 4.78 is 5.53. The van der Waals surface area contributed by atoms with Crippen molar-refractivity contribution >= 4 is 17.4 Å². The van der Waals surface area contributed by atoms with Gasteiger partial charge in [-0.2, -0.15) is 0 Å². The number of rotatable bonds is 4. The van der Waals surface area contributed by atoms with E-state index in [2.05, 4.69) is 5.32 Å². The van der Waals surface area contributed by atoms with E-state index in [9.17, 15) is 9.59 Å². The summed E-state index contributed by atoms with van der Waals surface area (Å²) in [4.78, 5) is 23.0. The first-order valence-corrected chi connectivity index (χ1v) is 6.67. The number of carbonyl (C=O) groups excluding carboxylic acids is 2. The zero-order valence-electron chi connectivity index (χ0n) is 11.1. The average Bonchev–Trinajstić information content (AvgIpc) is 2.40. The van der Waals surface area contributed by atoms with Gasteiger partial charge in [0.1, 0.15) is 0 Å². The monoisotopic (exact) mass is 261 g/mol. The van der Waals surface area contributed by atoms with E-state index in [0.717, 1.165) is 25.9 Å². The fourth-order valence-electron chi connectivity index (χ4n) is 2.18. The van der Waals surface area contributed by atoms with Crippen molar-refractivity contribution in [2.45, 2.75) is 38.7 Å². The molecule has 0 aliphatic carbocycles. The first kappa shape index (κ1) is 13.7. The molecule has 4 nitrogen and oxygen atoms in total. The summed E-state index contributed by atoms with van der Waals surface area (Å²) in [5.74, 6) is -0.0176. The van der Waals surface area contributed by atoms with Crippen molar-refractivity contribution in [1.29, 1.82) is 0 Å². The lowest BCUT2D eigenvalue weighted by atomic mass is 10.1. The summed E-state index contributed by atoms with van der Waals surface area (Å²) in [7, 11) is 0. The first-order chi connectivity index (χ1) is 9.15. The van der Waals surface area contributed by atoms with Crippen molar-refractivity contribution in [2.24, 2.45) is 0 Å². The lowest BCUT2D eigenvalue weighted by Crippen LogP contribution is -2.25. The highest BCUT2D eigenvalue weighted by Crippen LogP contribution is 2.17. The number of hydrogen-bond acceptors (Lipinski definition) is 3. The molecule has 19 heavy (non-hydrogen) atoms.